The summed E-state index contributed by atoms with van der Waals surface area (Å²) >= 11 is 0. The zero-order valence-corrected chi connectivity index (χ0v) is 34.6. The number of hydrogen-bond donors (Lipinski definition) is 1. The number of ether oxygens (including phenoxy) is 2. The molecule has 8 aromatic rings. The second-order valence-electron chi connectivity index (χ2n) is 14.2. The summed E-state index contributed by atoms with van der Waals surface area (Å²) in [6.45, 7) is 8.07. The van der Waals surface area contributed by atoms with E-state index in [1.165, 1.54) is 6.20 Å². The Morgan fingerprint density at radius 1 is 0.581 bits per heavy atom. The van der Waals surface area contributed by atoms with Crippen LogP contribution in [0.25, 0.3) is 0 Å². The highest BCUT2D eigenvalue weighted by Crippen LogP contribution is 2.22. The fraction of sp³-hybridized carbons (Fsp3) is 0.273. The molecule has 8 rings (SSSR count). The SMILES string of the molecule is CCOc1ccc(Cc2nc(Cc3cnn(CCn4cccn4)c3)ncc2N)cc1.CCOc1ccc(Cc2nc(Cc3cnn(CCn4cccn4)c3)ncc2[N+](=O)[O-])cc1. The molecule has 0 unspecified atom stereocenters. The molecule has 0 bridgehead atoms. The van der Waals surface area contributed by atoms with Gasteiger partial charge in [-0.2, -0.15) is 20.4 Å². The largest absolute Gasteiger partial charge is 0.494 e. The summed E-state index contributed by atoms with van der Waals surface area (Å²) in [5, 5.41) is 28.7. The minimum atomic E-state index is -0.443. The summed E-state index contributed by atoms with van der Waals surface area (Å²) in [6.07, 6.45) is 19.9. The molecule has 0 atom stereocenters. The van der Waals surface area contributed by atoms with Crippen molar-refractivity contribution in [1.29, 1.82) is 0 Å². The molecule has 62 heavy (non-hydrogen) atoms. The van der Waals surface area contributed by atoms with Crippen LogP contribution in [0.3, 0.4) is 0 Å². The number of nitrogens with zero attached hydrogens (tertiary/aromatic N) is 13. The Kier molecular flexibility index (Phi) is 14.3. The molecule has 0 amide bonds. The summed E-state index contributed by atoms with van der Waals surface area (Å²) in [5.74, 6) is 2.88. The molecule has 0 radical (unpaired) electrons. The lowest BCUT2D eigenvalue weighted by atomic mass is 10.1. The van der Waals surface area contributed by atoms with Crippen molar-refractivity contribution in [2.24, 2.45) is 0 Å². The van der Waals surface area contributed by atoms with Gasteiger partial charge in [-0.25, -0.2) is 19.9 Å². The highest BCUT2D eigenvalue weighted by molar-refractivity contribution is 5.44. The van der Waals surface area contributed by atoms with Crippen molar-refractivity contribution in [3.05, 3.63) is 178 Å². The van der Waals surface area contributed by atoms with Gasteiger partial charge in [0.25, 0.3) is 0 Å². The third-order valence-electron chi connectivity index (χ3n) is 9.59. The first-order valence-electron chi connectivity index (χ1n) is 20.3. The van der Waals surface area contributed by atoms with Gasteiger partial charge in [0.05, 0.1) is 74.3 Å². The predicted octanol–water partition coefficient (Wildman–Crippen LogP) is 5.79. The summed E-state index contributed by atoms with van der Waals surface area (Å²) in [5.41, 5.74) is 11.9. The van der Waals surface area contributed by atoms with E-state index < -0.39 is 4.92 Å². The Hall–Kier alpha value is -7.76. The maximum atomic E-state index is 11.5. The van der Waals surface area contributed by atoms with Crippen LogP contribution in [0.4, 0.5) is 11.4 Å². The van der Waals surface area contributed by atoms with Crippen molar-refractivity contribution in [2.45, 2.75) is 65.7 Å². The van der Waals surface area contributed by atoms with Crippen LogP contribution in [0.15, 0.2) is 123 Å². The van der Waals surface area contributed by atoms with Crippen LogP contribution < -0.4 is 15.2 Å². The lowest BCUT2D eigenvalue weighted by Crippen LogP contribution is -2.08. The van der Waals surface area contributed by atoms with Crippen molar-refractivity contribution in [3.8, 4) is 11.5 Å². The monoisotopic (exact) mass is 836 g/mol. The van der Waals surface area contributed by atoms with Crippen LogP contribution in [0.1, 0.15) is 59.1 Å². The molecule has 0 fully saturated rings. The zero-order valence-electron chi connectivity index (χ0n) is 34.6. The first-order valence-corrected chi connectivity index (χ1v) is 20.3. The van der Waals surface area contributed by atoms with E-state index in [1.54, 1.807) is 24.8 Å². The topological polar surface area (TPSA) is 210 Å². The fourth-order valence-electron chi connectivity index (χ4n) is 6.52. The Bertz CT molecular complexity index is 2610. The molecule has 0 spiro atoms. The number of anilines is 1. The van der Waals surface area contributed by atoms with E-state index in [2.05, 4.69) is 35.3 Å². The maximum Gasteiger partial charge on any atom is 0.309 e. The molecule has 2 aromatic carbocycles. The van der Waals surface area contributed by atoms with Gasteiger partial charge in [-0.05, 0) is 72.5 Å². The number of nitro groups is 1. The second-order valence-corrected chi connectivity index (χ2v) is 14.2. The minimum absolute atomic E-state index is 0.0856. The number of rotatable bonds is 19. The molecule has 6 heterocycles. The van der Waals surface area contributed by atoms with Gasteiger partial charge in [0.15, 0.2) is 0 Å². The van der Waals surface area contributed by atoms with Crippen molar-refractivity contribution in [1.82, 2.24) is 59.1 Å². The Morgan fingerprint density at radius 3 is 1.52 bits per heavy atom. The number of nitrogens with two attached hydrogens (primary N) is 1. The lowest BCUT2D eigenvalue weighted by Gasteiger charge is -2.08. The van der Waals surface area contributed by atoms with Crippen molar-refractivity contribution in [2.75, 3.05) is 18.9 Å². The smallest absolute Gasteiger partial charge is 0.309 e. The second kappa shape index (κ2) is 21.0. The van der Waals surface area contributed by atoms with Crippen LogP contribution in [0.5, 0.6) is 11.5 Å². The van der Waals surface area contributed by atoms with E-state index in [1.807, 2.05) is 124 Å². The molecule has 0 aliphatic rings. The molecule has 0 aliphatic carbocycles. The third-order valence-corrected chi connectivity index (χ3v) is 9.59. The Morgan fingerprint density at radius 2 is 1.05 bits per heavy atom. The predicted molar refractivity (Wildman–Crippen MR) is 230 cm³/mol. The number of hydrogen-bond acceptors (Lipinski definition) is 13. The van der Waals surface area contributed by atoms with Gasteiger partial charge in [-0.15, -0.1) is 0 Å². The van der Waals surface area contributed by atoms with Gasteiger partial charge in [0, 0.05) is 62.9 Å². The average molecular weight is 837 g/mol. The van der Waals surface area contributed by atoms with Crippen LogP contribution in [-0.2, 0) is 51.9 Å². The van der Waals surface area contributed by atoms with Gasteiger partial charge in [0.2, 0.25) is 0 Å². The van der Waals surface area contributed by atoms with Gasteiger partial charge < -0.3 is 15.2 Å². The quantitative estimate of drug-likeness (QED) is 0.0756. The minimum Gasteiger partial charge on any atom is -0.494 e. The Balaban J connectivity index is 0.000000187. The van der Waals surface area contributed by atoms with Crippen molar-refractivity contribution < 1.29 is 14.4 Å². The molecule has 2 N–H and O–H groups in total. The first kappa shape index (κ1) is 42.4. The van der Waals surface area contributed by atoms with Gasteiger partial charge in [-0.1, -0.05) is 24.3 Å². The van der Waals surface area contributed by atoms with Gasteiger partial charge >= 0.3 is 5.69 Å². The van der Waals surface area contributed by atoms with E-state index in [-0.39, 0.29) is 5.69 Å². The molecular formula is C44H48N14O4. The van der Waals surface area contributed by atoms with Crippen LogP contribution in [-0.4, -0.2) is 77.2 Å². The summed E-state index contributed by atoms with van der Waals surface area (Å²) in [4.78, 5) is 28.8. The summed E-state index contributed by atoms with van der Waals surface area (Å²) in [6, 6.07) is 19.3. The van der Waals surface area contributed by atoms with E-state index >= 15 is 0 Å². The number of aryl methyl sites for hydroxylation is 4. The number of aromatic nitrogens is 12. The third kappa shape index (κ3) is 12.2. The van der Waals surface area contributed by atoms with Gasteiger partial charge in [-0.3, -0.25) is 28.8 Å². The average Bonchev–Trinajstić information content (AvgIpc) is 4.13. The standard InChI is InChI=1S/C22H23N7O3.C22H25N7O/c1-2-32-19-6-4-17(5-7-19)12-20-21(29(30)31)15-23-22(26-20)13-18-14-25-28(16-18)11-10-27-9-3-8-24-27;1-2-30-19-6-4-17(5-7-19)12-21-20(23)15-24-22(27-21)13-18-14-26-29(16-18)11-10-28-9-3-8-25-28/h3-9,14-16H,2,10-13H2,1H3;3-9,14-16H,2,10-13,23H2,1H3. The highest BCUT2D eigenvalue weighted by atomic mass is 16.6. The highest BCUT2D eigenvalue weighted by Gasteiger charge is 2.18. The van der Waals surface area contributed by atoms with Crippen LogP contribution in [0.2, 0.25) is 0 Å². The molecule has 318 valence electrons. The molecule has 0 saturated carbocycles. The lowest BCUT2D eigenvalue weighted by molar-refractivity contribution is -0.386. The zero-order chi connectivity index (χ0) is 43.1. The maximum absolute atomic E-state index is 11.5. The number of benzene rings is 2. The molecule has 18 heteroatoms. The normalized spacial score (nSPS) is 10.9. The van der Waals surface area contributed by atoms with E-state index in [4.69, 9.17) is 20.2 Å². The van der Waals surface area contributed by atoms with Crippen LogP contribution >= 0.6 is 0 Å². The van der Waals surface area contributed by atoms with E-state index in [0.717, 1.165) is 58.4 Å². The van der Waals surface area contributed by atoms with Crippen molar-refractivity contribution in [3.63, 3.8) is 0 Å². The molecular weight excluding hydrogens is 789 g/mol. The van der Waals surface area contributed by atoms with Crippen molar-refractivity contribution >= 4 is 11.4 Å². The molecule has 0 aliphatic heterocycles. The van der Waals surface area contributed by atoms with Gasteiger partial charge in [0.1, 0.15) is 35.0 Å². The molecule has 18 nitrogen and oxygen atoms in total. The molecule has 6 aromatic heterocycles. The van der Waals surface area contributed by atoms with E-state index in [9.17, 15) is 10.1 Å². The fourth-order valence-corrected chi connectivity index (χ4v) is 6.52. The Labute approximate surface area is 358 Å². The first-order chi connectivity index (χ1) is 30.3. The number of nitrogen functional groups attached to an aromatic ring is 1. The summed E-state index contributed by atoms with van der Waals surface area (Å²) in [7, 11) is 0. The summed E-state index contributed by atoms with van der Waals surface area (Å²) < 4.78 is 18.4. The van der Waals surface area contributed by atoms with E-state index in [0.29, 0.717) is 69.2 Å². The molecule has 0 saturated heterocycles. The van der Waals surface area contributed by atoms with Crippen LogP contribution in [0, 0.1) is 10.1 Å².